The lowest BCUT2D eigenvalue weighted by molar-refractivity contribution is -0.142. The Bertz CT molecular complexity index is 319. The maximum absolute atomic E-state index is 11.1. The molecule has 0 aliphatic carbocycles. The number of hydrogen-bond acceptors (Lipinski definition) is 4. The van der Waals surface area contributed by atoms with Crippen LogP contribution in [0, 0.1) is 6.92 Å². The van der Waals surface area contributed by atoms with Gasteiger partial charge in [0.15, 0.2) is 0 Å². The molecule has 0 amide bonds. The van der Waals surface area contributed by atoms with E-state index in [-0.39, 0.29) is 0 Å². The number of ether oxygens (including phenoxy) is 1. The lowest BCUT2D eigenvalue weighted by Gasteiger charge is -2.07. The van der Waals surface area contributed by atoms with Crippen LogP contribution in [0.1, 0.15) is 17.3 Å². The molecule has 1 aromatic rings. The van der Waals surface area contributed by atoms with Gasteiger partial charge in [0.05, 0.1) is 13.3 Å². The van der Waals surface area contributed by atoms with E-state index in [0.29, 0.717) is 5.56 Å². The monoisotopic (exact) mass is 183 g/mol. The normalized spacial score (nSPS) is 12.6. The van der Waals surface area contributed by atoms with Crippen molar-refractivity contribution in [2.45, 2.75) is 13.0 Å². The van der Waals surface area contributed by atoms with Gasteiger partial charge < -0.3 is 10.5 Å². The zero-order chi connectivity index (χ0) is 10.0. The van der Waals surface area contributed by atoms with Gasteiger partial charge in [-0.15, -0.1) is 0 Å². The summed E-state index contributed by atoms with van der Waals surface area (Å²) in [5, 5.41) is 3.98. The van der Waals surface area contributed by atoms with Gasteiger partial charge in [-0.2, -0.15) is 5.10 Å². The van der Waals surface area contributed by atoms with Gasteiger partial charge in [0.1, 0.15) is 6.04 Å². The Labute approximate surface area is 76.5 Å². The van der Waals surface area contributed by atoms with Crippen molar-refractivity contribution in [3.63, 3.8) is 0 Å². The van der Waals surface area contributed by atoms with Gasteiger partial charge in [-0.05, 0) is 6.92 Å². The van der Waals surface area contributed by atoms with Crippen molar-refractivity contribution in [1.29, 1.82) is 0 Å². The van der Waals surface area contributed by atoms with Crippen molar-refractivity contribution >= 4 is 5.97 Å². The first-order valence-electron chi connectivity index (χ1n) is 3.89. The fourth-order valence-electron chi connectivity index (χ4n) is 1.07. The minimum absolute atomic E-state index is 0.448. The fraction of sp³-hybridized carbons (Fsp3) is 0.500. The van der Waals surface area contributed by atoms with Crippen LogP contribution in [0.4, 0.5) is 0 Å². The third-order valence-electron chi connectivity index (χ3n) is 2.06. The molecule has 5 heteroatoms. The third-order valence-corrected chi connectivity index (χ3v) is 2.06. The standard InChI is InChI=1S/C8H13N3O2/c1-5-6(4-10-11(5)2)7(9)8(12)13-3/h4,7H,9H2,1-3H3. The first kappa shape index (κ1) is 9.73. The summed E-state index contributed by atoms with van der Waals surface area (Å²) >= 11 is 0. The first-order valence-corrected chi connectivity index (χ1v) is 3.89. The van der Waals surface area contributed by atoms with Gasteiger partial charge in [-0.3, -0.25) is 9.48 Å². The maximum Gasteiger partial charge on any atom is 0.327 e. The van der Waals surface area contributed by atoms with Gasteiger partial charge >= 0.3 is 5.97 Å². The van der Waals surface area contributed by atoms with Gasteiger partial charge in [0.25, 0.3) is 0 Å². The fourth-order valence-corrected chi connectivity index (χ4v) is 1.07. The molecule has 2 N–H and O–H groups in total. The summed E-state index contributed by atoms with van der Waals surface area (Å²) < 4.78 is 6.19. The van der Waals surface area contributed by atoms with E-state index in [1.807, 2.05) is 6.92 Å². The van der Waals surface area contributed by atoms with Crippen LogP contribution in [0.15, 0.2) is 6.20 Å². The number of carbonyl (C=O) groups excluding carboxylic acids is 1. The Hall–Kier alpha value is -1.36. The van der Waals surface area contributed by atoms with Crippen LogP contribution < -0.4 is 5.73 Å². The average molecular weight is 183 g/mol. The van der Waals surface area contributed by atoms with Crippen LogP contribution in [0.5, 0.6) is 0 Å². The molecule has 1 heterocycles. The zero-order valence-corrected chi connectivity index (χ0v) is 7.94. The van der Waals surface area contributed by atoms with Crippen LogP contribution in [-0.2, 0) is 16.6 Å². The molecule has 0 radical (unpaired) electrons. The summed E-state index contributed by atoms with van der Waals surface area (Å²) in [5.74, 6) is -0.448. The van der Waals surface area contributed by atoms with Crippen LogP contribution in [0.3, 0.4) is 0 Å². The number of esters is 1. The Kier molecular flexibility index (Phi) is 2.67. The lowest BCUT2D eigenvalue weighted by Crippen LogP contribution is -2.23. The van der Waals surface area contributed by atoms with E-state index in [1.165, 1.54) is 7.11 Å². The molecule has 0 aliphatic rings. The van der Waals surface area contributed by atoms with Crippen LogP contribution in [0.2, 0.25) is 0 Å². The summed E-state index contributed by atoms with van der Waals surface area (Å²) in [4.78, 5) is 11.1. The number of hydrogen-bond donors (Lipinski definition) is 1. The second-order valence-corrected chi connectivity index (χ2v) is 2.81. The molecule has 1 rings (SSSR count). The molecule has 72 valence electrons. The van der Waals surface area contributed by atoms with Crippen molar-refractivity contribution in [3.05, 3.63) is 17.5 Å². The van der Waals surface area contributed by atoms with Crippen LogP contribution in [0.25, 0.3) is 0 Å². The van der Waals surface area contributed by atoms with Crippen LogP contribution in [-0.4, -0.2) is 22.9 Å². The summed E-state index contributed by atoms with van der Waals surface area (Å²) in [6, 6.07) is -0.737. The summed E-state index contributed by atoms with van der Waals surface area (Å²) in [6.07, 6.45) is 1.58. The Morgan fingerprint density at radius 2 is 2.38 bits per heavy atom. The maximum atomic E-state index is 11.1. The molecule has 0 aliphatic heterocycles. The lowest BCUT2D eigenvalue weighted by atomic mass is 10.1. The zero-order valence-electron chi connectivity index (χ0n) is 7.94. The quantitative estimate of drug-likeness (QED) is 0.650. The number of aromatic nitrogens is 2. The molecule has 5 nitrogen and oxygen atoms in total. The number of rotatable bonds is 2. The smallest absolute Gasteiger partial charge is 0.327 e. The van der Waals surface area contributed by atoms with Crippen molar-refractivity contribution in [2.75, 3.05) is 7.11 Å². The van der Waals surface area contributed by atoms with Crippen molar-refractivity contribution in [1.82, 2.24) is 9.78 Å². The average Bonchev–Trinajstić information content (AvgIpc) is 2.45. The number of nitrogens with zero attached hydrogens (tertiary/aromatic N) is 2. The highest BCUT2D eigenvalue weighted by molar-refractivity contribution is 5.77. The predicted molar refractivity (Wildman–Crippen MR) is 46.9 cm³/mol. The largest absolute Gasteiger partial charge is 0.468 e. The summed E-state index contributed by atoms with van der Waals surface area (Å²) in [5.41, 5.74) is 7.21. The number of nitrogens with two attached hydrogens (primary N) is 1. The predicted octanol–water partition coefficient (Wildman–Crippen LogP) is -0.0987. The van der Waals surface area contributed by atoms with Crippen molar-refractivity contribution in [3.8, 4) is 0 Å². The molecular weight excluding hydrogens is 170 g/mol. The molecule has 0 spiro atoms. The van der Waals surface area contributed by atoms with Crippen LogP contribution >= 0.6 is 0 Å². The summed E-state index contributed by atoms with van der Waals surface area (Å²) in [6.45, 7) is 1.85. The topological polar surface area (TPSA) is 70.1 Å². The molecule has 13 heavy (non-hydrogen) atoms. The second-order valence-electron chi connectivity index (χ2n) is 2.81. The summed E-state index contributed by atoms with van der Waals surface area (Å²) in [7, 11) is 3.11. The highest BCUT2D eigenvalue weighted by atomic mass is 16.5. The molecule has 1 atom stereocenters. The van der Waals surface area contributed by atoms with Gasteiger partial charge in [-0.25, -0.2) is 0 Å². The van der Waals surface area contributed by atoms with Gasteiger partial charge in [-0.1, -0.05) is 0 Å². The Morgan fingerprint density at radius 3 is 2.77 bits per heavy atom. The number of methoxy groups -OCH3 is 1. The molecule has 0 saturated heterocycles. The van der Waals surface area contributed by atoms with Crippen molar-refractivity contribution < 1.29 is 9.53 Å². The Morgan fingerprint density at radius 1 is 1.77 bits per heavy atom. The van der Waals surface area contributed by atoms with E-state index in [4.69, 9.17) is 5.73 Å². The van der Waals surface area contributed by atoms with E-state index in [2.05, 4.69) is 9.84 Å². The highest BCUT2D eigenvalue weighted by Gasteiger charge is 2.20. The molecule has 0 fully saturated rings. The molecular formula is C8H13N3O2. The van der Waals surface area contributed by atoms with E-state index in [1.54, 1.807) is 17.9 Å². The molecule has 1 unspecified atom stereocenters. The molecule has 0 saturated carbocycles. The molecule has 1 aromatic heterocycles. The highest BCUT2D eigenvalue weighted by Crippen LogP contribution is 2.14. The minimum Gasteiger partial charge on any atom is -0.468 e. The van der Waals surface area contributed by atoms with E-state index in [0.717, 1.165) is 5.69 Å². The van der Waals surface area contributed by atoms with E-state index in [9.17, 15) is 4.79 Å². The molecule has 0 aromatic carbocycles. The third kappa shape index (κ3) is 1.70. The first-order chi connectivity index (χ1) is 6.07. The second kappa shape index (κ2) is 3.57. The van der Waals surface area contributed by atoms with E-state index >= 15 is 0 Å². The molecule has 0 bridgehead atoms. The van der Waals surface area contributed by atoms with E-state index < -0.39 is 12.0 Å². The minimum atomic E-state index is -0.737. The Balaban J connectivity index is 2.95. The van der Waals surface area contributed by atoms with Crippen molar-refractivity contribution in [2.24, 2.45) is 12.8 Å². The van der Waals surface area contributed by atoms with Gasteiger partial charge in [0.2, 0.25) is 0 Å². The number of aryl methyl sites for hydroxylation is 1. The SMILES string of the molecule is COC(=O)C(N)c1cnn(C)c1C. The number of carbonyl (C=O) groups is 1. The van der Waals surface area contributed by atoms with Gasteiger partial charge in [0, 0.05) is 18.3 Å².